The molecule has 0 aromatic heterocycles. The molecule has 1 atom stereocenters. The number of hydrogen-bond donors (Lipinski definition) is 0. The van der Waals surface area contributed by atoms with E-state index in [0.717, 1.165) is 6.08 Å². The van der Waals surface area contributed by atoms with Crippen molar-refractivity contribution in [3.8, 4) is 0 Å². The molecule has 1 unspecified atom stereocenters. The summed E-state index contributed by atoms with van der Waals surface area (Å²) < 4.78 is 13.7. The first-order chi connectivity index (χ1) is 7.51. The van der Waals surface area contributed by atoms with Crippen LogP contribution in [-0.2, 0) is 23.8 Å². The number of methoxy groups -OCH3 is 1. The van der Waals surface area contributed by atoms with Crippen LogP contribution in [-0.4, -0.2) is 38.4 Å². The highest BCUT2D eigenvalue weighted by molar-refractivity contribution is 5.86. The summed E-state index contributed by atoms with van der Waals surface area (Å²) in [6, 6.07) is 0. The molecule has 5 heteroatoms. The Balaban J connectivity index is 0. The summed E-state index contributed by atoms with van der Waals surface area (Å²) in [6.45, 7) is 9.29. The van der Waals surface area contributed by atoms with Crippen LogP contribution in [0.25, 0.3) is 0 Å². The number of esters is 2. The minimum absolute atomic E-state index is 0. The lowest BCUT2D eigenvalue weighted by Gasteiger charge is -1.99. The zero-order chi connectivity index (χ0) is 12.6. The van der Waals surface area contributed by atoms with Crippen LogP contribution in [0.4, 0.5) is 0 Å². The molecule has 0 aromatic carbocycles. The highest BCUT2D eigenvalue weighted by atomic mass is 16.6. The molecule has 1 saturated heterocycles. The van der Waals surface area contributed by atoms with Gasteiger partial charge in [-0.1, -0.05) is 20.6 Å². The number of rotatable bonds is 4. The van der Waals surface area contributed by atoms with Crippen molar-refractivity contribution in [1.82, 2.24) is 0 Å². The average molecular weight is 244 g/mol. The number of epoxide rings is 1. The smallest absolute Gasteiger partial charge is 0.333 e. The zero-order valence-electron chi connectivity index (χ0n) is 9.52. The van der Waals surface area contributed by atoms with E-state index >= 15 is 0 Å². The molecule has 0 bridgehead atoms. The normalized spacial score (nSPS) is 15.3. The van der Waals surface area contributed by atoms with Gasteiger partial charge in [0, 0.05) is 11.6 Å². The topological polar surface area (TPSA) is 65.1 Å². The summed E-state index contributed by atoms with van der Waals surface area (Å²) in [7, 11) is 1.31. The SMILES string of the molecule is C.C=C(C)C(=O)OCC1CO1.C=CC(=O)OC. The molecule has 0 amide bonds. The Morgan fingerprint density at radius 1 is 1.53 bits per heavy atom. The van der Waals surface area contributed by atoms with Crippen molar-refractivity contribution >= 4 is 11.9 Å². The summed E-state index contributed by atoms with van der Waals surface area (Å²) in [5.41, 5.74) is 0.431. The average Bonchev–Trinajstić information content (AvgIpc) is 3.09. The van der Waals surface area contributed by atoms with E-state index in [1.165, 1.54) is 7.11 Å². The molecule has 5 nitrogen and oxygen atoms in total. The second-order valence-corrected chi connectivity index (χ2v) is 3.06. The van der Waals surface area contributed by atoms with Gasteiger partial charge < -0.3 is 14.2 Å². The zero-order valence-corrected chi connectivity index (χ0v) is 9.52. The third kappa shape index (κ3) is 10.7. The van der Waals surface area contributed by atoms with Crippen LogP contribution in [0, 0.1) is 0 Å². The molecule has 0 aromatic rings. The van der Waals surface area contributed by atoms with Gasteiger partial charge in [0.15, 0.2) is 0 Å². The van der Waals surface area contributed by atoms with Gasteiger partial charge in [-0.2, -0.15) is 0 Å². The summed E-state index contributed by atoms with van der Waals surface area (Å²) in [6.07, 6.45) is 1.25. The summed E-state index contributed by atoms with van der Waals surface area (Å²) in [4.78, 5) is 20.5. The van der Waals surface area contributed by atoms with Gasteiger partial charge in [-0.25, -0.2) is 9.59 Å². The minimum Gasteiger partial charge on any atom is -0.466 e. The van der Waals surface area contributed by atoms with Crippen LogP contribution in [0.15, 0.2) is 24.8 Å². The molecule has 0 aliphatic carbocycles. The summed E-state index contributed by atoms with van der Waals surface area (Å²) in [5.74, 6) is -0.731. The quantitative estimate of drug-likeness (QED) is 0.426. The largest absolute Gasteiger partial charge is 0.466 e. The van der Waals surface area contributed by atoms with Crippen LogP contribution in [0.2, 0.25) is 0 Å². The number of carbonyl (C=O) groups is 2. The van der Waals surface area contributed by atoms with Gasteiger partial charge >= 0.3 is 11.9 Å². The maximum atomic E-state index is 10.7. The van der Waals surface area contributed by atoms with E-state index in [0.29, 0.717) is 18.8 Å². The van der Waals surface area contributed by atoms with Gasteiger partial charge in [0.2, 0.25) is 0 Å². The molecular formula is C12H20O5. The van der Waals surface area contributed by atoms with Crippen molar-refractivity contribution in [2.75, 3.05) is 20.3 Å². The third-order valence-electron chi connectivity index (χ3n) is 1.52. The fraction of sp³-hybridized carbons (Fsp3) is 0.500. The van der Waals surface area contributed by atoms with Gasteiger partial charge in [-0.05, 0) is 6.92 Å². The van der Waals surface area contributed by atoms with Crippen molar-refractivity contribution in [3.63, 3.8) is 0 Å². The van der Waals surface area contributed by atoms with E-state index in [-0.39, 0.29) is 19.5 Å². The van der Waals surface area contributed by atoms with Crippen molar-refractivity contribution in [1.29, 1.82) is 0 Å². The Hall–Kier alpha value is -1.62. The molecule has 0 saturated carbocycles. The number of ether oxygens (including phenoxy) is 3. The summed E-state index contributed by atoms with van der Waals surface area (Å²) in [5, 5.41) is 0. The predicted octanol–water partition coefficient (Wildman–Crippen LogP) is 1.49. The molecule has 1 fully saturated rings. The molecule has 1 aliphatic rings. The molecule has 17 heavy (non-hydrogen) atoms. The van der Waals surface area contributed by atoms with E-state index in [9.17, 15) is 9.59 Å². The van der Waals surface area contributed by atoms with Gasteiger partial charge in [0.1, 0.15) is 12.7 Å². The molecule has 1 aliphatic heterocycles. The lowest BCUT2D eigenvalue weighted by atomic mass is 10.4. The Bertz CT molecular complexity index is 279. The van der Waals surface area contributed by atoms with Gasteiger partial charge in [-0.3, -0.25) is 0 Å². The van der Waals surface area contributed by atoms with E-state index in [4.69, 9.17) is 9.47 Å². The van der Waals surface area contributed by atoms with Crippen LogP contribution >= 0.6 is 0 Å². The second-order valence-electron chi connectivity index (χ2n) is 3.06. The van der Waals surface area contributed by atoms with Crippen molar-refractivity contribution < 1.29 is 23.8 Å². The van der Waals surface area contributed by atoms with Crippen molar-refractivity contribution in [2.24, 2.45) is 0 Å². The lowest BCUT2D eigenvalue weighted by molar-refractivity contribution is -0.139. The molecular weight excluding hydrogens is 224 g/mol. The second kappa shape index (κ2) is 9.59. The van der Waals surface area contributed by atoms with Crippen LogP contribution in [0.1, 0.15) is 14.4 Å². The van der Waals surface area contributed by atoms with Crippen LogP contribution in [0.3, 0.4) is 0 Å². The van der Waals surface area contributed by atoms with Gasteiger partial charge in [0.25, 0.3) is 0 Å². The monoisotopic (exact) mass is 244 g/mol. The standard InChI is InChI=1S/C7H10O3.C4H6O2.CH4/c1-5(2)7(8)10-4-6-3-9-6;1-3-4(5)6-2;/h6H,1,3-4H2,2H3;3H,1H2,2H3;1H4. The Kier molecular flexibility index (Phi) is 10.0. The molecule has 0 N–H and O–H groups in total. The number of hydrogen-bond acceptors (Lipinski definition) is 5. The van der Waals surface area contributed by atoms with Gasteiger partial charge in [-0.15, -0.1) is 0 Å². The maximum Gasteiger partial charge on any atom is 0.333 e. The van der Waals surface area contributed by atoms with E-state index in [1.807, 2.05) is 0 Å². The van der Waals surface area contributed by atoms with Crippen molar-refractivity contribution in [2.45, 2.75) is 20.5 Å². The van der Waals surface area contributed by atoms with Gasteiger partial charge in [0.05, 0.1) is 13.7 Å². The fourth-order valence-electron chi connectivity index (χ4n) is 0.539. The highest BCUT2D eigenvalue weighted by Gasteiger charge is 2.24. The number of carbonyl (C=O) groups excluding carboxylic acids is 2. The Morgan fingerprint density at radius 3 is 2.29 bits per heavy atom. The van der Waals surface area contributed by atoms with Crippen LogP contribution < -0.4 is 0 Å². The Labute approximate surface area is 102 Å². The van der Waals surface area contributed by atoms with Crippen molar-refractivity contribution in [3.05, 3.63) is 24.8 Å². The maximum absolute atomic E-state index is 10.7. The lowest BCUT2D eigenvalue weighted by Crippen LogP contribution is -2.09. The van der Waals surface area contributed by atoms with E-state index in [2.05, 4.69) is 17.9 Å². The first-order valence-electron chi connectivity index (χ1n) is 4.65. The third-order valence-corrected chi connectivity index (χ3v) is 1.52. The molecule has 0 spiro atoms. The van der Waals surface area contributed by atoms with Crippen LogP contribution in [0.5, 0.6) is 0 Å². The molecule has 1 rings (SSSR count). The van der Waals surface area contributed by atoms with E-state index < -0.39 is 5.97 Å². The Morgan fingerprint density at radius 2 is 2.06 bits per heavy atom. The molecule has 0 radical (unpaired) electrons. The first-order valence-corrected chi connectivity index (χ1v) is 4.65. The fourth-order valence-corrected chi connectivity index (χ4v) is 0.539. The minimum atomic E-state index is -0.394. The highest BCUT2D eigenvalue weighted by Crippen LogP contribution is 2.09. The predicted molar refractivity (Wildman–Crippen MR) is 64.5 cm³/mol. The van der Waals surface area contributed by atoms with E-state index in [1.54, 1.807) is 6.92 Å². The molecule has 98 valence electrons. The molecule has 1 heterocycles. The first kappa shape index (κ1) is 17.8. The summed E-state index contributed by atoms with van der Waals surface area (Å²) >= 11 is 0.